The van der Waals surface area contributed by atoms with Crippen LogP contribution in [0.4, 0.5) is 11.4 Å². The van der Waals surface area contributed by atoms with Crippen LogP contribution in [-0.2, 0) is 6.42 Å². The average Bonchev–Trinajstić information content (AvgIpc) is 2.56. The third-order valence-electron chi connectivity index (χ3n) is 3.59. The fraction of sp³-hybridized carbons (Fsp3) is 0.167. The molecular formula is C18H18N2O4. The van der Waals surface area contributed by atoms with Gasteiger partial charge in [0.25, 0.3) is 11.6 Å². The molecule has 0 fully saturated rings. The van der Waals surface area contributed by atoms with E-state index in [-0.39, 0.29) is 11.6 Å². The van der Waals surface area contributed by atoms with Crippen molar-refractivity contribution in [1.29, 1.82) is 0 Å². The molecule has 0 aliphatic rings. The molecule has 0 spiro atoms. The van der Waals surface area contributed by atoms with Gasteiger partial charge in [-0.15, -0.1) is 6.58 Å². The highest BCUT2D eigenvalue weighted by Gasteiger charge is 2.14. The van der Waals surface area contributed by atoms with Gasteiger partial charge in [0, 0.05) is 17.7 Å². The number of aryl methyl sites for hydroxylation is 1. The Morgan fingerprint density at radius 3 is 2.71 bits per heavy atom. The van der Waals surface area contributed by atoms with Crippen molar-refractivity contribution in [2.45, 2.75) is 13.3 Å². The lowest BCUT2D eigenvalue weighted by molar-refractivity contribution is -0.384. The number of nitro benzene ring substituents is 1. The molecule has 2 aromatic carbocycles. The third-order valence-corrected chi connectivity index (χ3v) is 3.59. The normalized spacial score (nSPS) is 10.1. The molecular weight excluding hydrogens is 308 g/mol. The second-order valence-corrected chi connectivity index (χ2v) is 5.23. The monoisotopic (exact) mass is 326 g/mol. The van der Waals surface area contributed by atoms with Crippen LogP contribution in [0.1, 0.15) is 21.5 Å². The van der Waals surface area contributed by atoms with Gasteiger partial charge in [-0.3, -0.25) is 14.9 Å². The Kier molecular flexibility index (Phi) is 5.31. The predicted octanol–water partition coefficient (Wildman–Crippen LogP) is 3.89. The molecule has 1 N–H and O–H groups in total. The first-order valence-corrected chi connectivity index (χ1v) is 7.30. The maximum Gasteiger partial charge on any atom is 0.271 e. The van der Waals surface area contributed by atoms with Gasteiger partial charge in [-0.05, 0) is 42.7 Å². The molecule has 2 rings (SSSR count). The Balaban J connectivity index is 2.30. The van der Waals surface area contributed by atoms with Crippen molar-refractivity contribution in [2.75, 3.05) is 12.4 Å². The van der Waals surface area contributed by atoms with Crippen molar-refractivity contribution in [3.05, 3.63) is 75.9 Å². The topological polar surface area (TPSA) is 81.5 Å². The summed E-state index contributed by atoms with van der Waals surface area (Å²) in [5, 5.41) is 13.6. The maximum atomic E-state index is 12.5. The number of benzene rings is 2. The molecule has 2 aromatic rings. The Morgan fingerprint density at radius 2 is 2.08 bits per heavy atom. The van der Waals surface area contributed by atoms with E-state index in [9.17, 15) is 14.9 Å². The van der Waals surface area contributed by atoms with Gasteiger partial charge >= 0.3 is 0 Å². The first-order valence-electron chi connectivity index (χ1n) is 7.30. The second-order valence-electron chi connectivity index (χ2n) is 5.23. The molecule has 0 unspecified atom stereocenters. The van der Waals surface area contributed by atoms with Gasteiger partial charge in [-0.25, -0.2) is 0 Å². The van der Waals surface area contributed by atoms with Crippen molar-refractivity contribution in [3.63, 3.8) is 0 Å². The zero-order valence-corrected chi connectivity index (χ0v) is 13.5. The fourth-order valence-electron chi connectivity index (χ4n) is 2.29. The molecule has 6 heteroatoms. The molecule has 1 amide bonds. The maximum absolute atomic E-state index is 12.5. The lowest BCUT2D eigenvalue weighted by Crippen LogP contribution is -2.13. The zero-order valence-electron chi connectivity index (χ0n) is 13.5. The van der Waals surface area contributed by atoms with Crippen LogP contribution in [0.3, 0.4) is 0 Å². The van der Waals surface area contributed by atoms with Crippen LogP contribution in [0.2, 0.25) is 0 Å². The van der Waals surface area contributed by atoms with Crippen molar-refractivity contribution in [2.24, 2.45) is 0 Å². The predicted molar refractivity (Wildman–Crippen MR) is 92.7 cm³/mol. The molecule has 0 heterocycles. The number of ether oxygens (including phenoxy) is 1. The van der Waals surface area contributed by atoms with E-state index in [0.717, 1.165) is 11.1 Å². The summed E-state index contributed by atoms with van der Waals surface area (Å²) in [6, 6.07) is 9.44. The van der Waals surface area contributed by atoms with E-state index in [4.69, 9.17) is 4.74 Å². The van der Waals surface area contributed by atoms with Crippen LogP contribution in [0.25, 0.3) is 0 Å². The minimum atomic E-state index is -0.495. The Morgan fingerprint density at radius 1 is 1.33 bits per heavy atom. The van der Waals surface area contributed by atoms with E-state index in [0.29, 0.717) is 23.4 Å². The van der Waals surface area contributed by atoms with Crippen molar-refractivity contribution in [1.82, 2.24) is 0 Å². The van der Waals surface area contributed by atoms with Gasteiger partial charge in [0.15, 0.2) is 0 Å². The minimum absolute atomic E-state index is 0.0713. The van der Waals surface area contributed by atoms with Crippen LogP contribution in [0, 0.1) is 17.0 Å². The molecule has 0 atom stereocenters. The quantitative estimate of drug-likeness (QED) is 0.496. The number of carbonyl (C=O) groups excluding carboxylic acids is 1. The molecule has 0 saturated carbocycles. The lowest BCUT2D eigenvalue weighted by atomic mass is 10.1. The van der Waals surface area contributed by atoms with E-state index < -0.39 is 4.92 Å². The highest BCUT2D eigenvalue weighted by Crippen LogP contribution is 2.24. The van der Waals surface area contributed by atoms with Crippen molar-refractivity contribution >= 4 is 17.3 Å². The van der Waals surface area contributed by atoms with Crippen LogP contribution in [0.5, 0.6) is 5.75 Å². The van der Waals surface area contributed by atoms with Crippen LogP contribution in [0.15, 0.2) is 49.1 Å². The van der Waals surface area contributed by atoms with E-state index in [1.54, 1.807) is 44.4 Å². The summed E-state index contributed by atoms with van der Waals surface area (Å²) >= 11 is 0. The third kappa shape index (κ3) is 3.78. The standard InChI is InChI=1S/C18H18N2O4/c1-4-5-13-10-14(7-9-17(13)24-3)18(21)19-16-11-15(20(22)23)8-6-12(16)2/h4,6-11H,1,5H2,2-3H3,(H,19,21). The van der Waals surface area contributed by atoms with Crippen LogP contribution < -0.4 is 10.1 Å². The Hall–Kier alpha value is -3.15. The molecule has 24 heavy (non-hydrogen) atoms. The Bertz CT molecular complexity index is 800. The summed E-state index contributed by atoms with van der Waals surface area (Å²) in [4.78, 5) is 22.8. The largest absolute Gasteiger partial charge is 0.496 e. The molecule has 6 nitrogen and oxygen atoms in total. The lowest BCUT2D eigenvalue weighted by Gasteiger charge is -2.11. The molecule has 0 saturated heterocycles. The fourth-order valence-corrected chi connectivity index (χ4v) is 2.29. The number of nitro groups is 1. The van der Waals surface area contributed by atoms with Gasteiger partial charge in [-0.1, -0.05) is 12.1 Å². The minimum Gasteiger partial charge on any atom is -0.496 e. The van der Waals surface area contributed by atoms with Gasteiger partial charge < -0.3 is 10.1 Å². The number of amides is 1. The zero-order chi connectivity index (χ0) is 17.7. The summed E-state index contributed by atoms with van der Waals surface area (Å²) < 4.78 is 5.26. The van der Waals surface area contributed by atoms with Gasteiger partial charge in [-0.2, -0.15) is 0 Å². The highest BCUT2D eigenvalue weighted by molar-refractivity contribution is 6.05. The number of carbonyl (C=O) groups is 1. The number of allylic oxidation sites excluding steroid dienone is 1. The SMILES string of the molecule is C=CCc1cc(C(=O)Nc2cc([N+](=O)[O-])ccc2C)ccc1OC. The summed E-state index contributed by atoms with van der Waals surface area (Å²) in [6.45, 7) is 5.47. The average molecular weight is 326 g/mol. The van der Waals surface area contributed by atoms with Crippen molar-refractivity contribution in [3.8, 4) is 5.75 Å². The van der Waals surface area contributed by atoms with E-state index in [1.165, 1.54) is 12.1 Å². The van der Waals surface area contributed by atoms with E-state index in [2.05, 4.69) is 11.9 Å². The molecule has 0 aromatic heterocycles. The number of hydrogen-bond donors (Lipinski definition) is 1. The summed E-state index contributed by atoms with van der Waals surface area (Å²) in [6.07, 6.45) is 2.30. The summed E-state index contributed by atoms with van der Waals surface area (Å²) in [7, 11) is 1.56. The molecule has 124 valence electrons. The van der Waals surface area contributed by atoms with Crippen LogP contribution in [-0.4, -0.2) is 17.9 Å². The molecule has 0 radical (unpaired) electrons. The number of methoxy groups -OCH3 is 1. The number of non-ortho nitro benzene ring substituents is 1. The van der Waals surface area contributed by atoms with Crippen molar-refractivity contribution < 1.29 is 14.5 Å². The first kappa shape index (κ1) is 17.2. The first-order chi connectivity index (χ1) is 11.5. The van der Waals surface area contributed by atoms with Gasteiger partial charge in [0.1, 0.15) is 5.75 Å². The van der Waals surface area contributed by atoms with Gasteiger partial charge in [0.05, 0.1) is 17.7 Å². The second kappa shape index (κ2) is 7.41. The summed E-state index contributed by atoms with van der Waals surface area (Å²) in [5.74, 6) is 0.338. The molecule has 0 aliphatic heterocycles. The van der Waals surface area contributed by atoms with E-state index >= 15 is 0 Å². The Labute approximate surface area is 139 Å². The number of rotatable bonds is 6. The molecule has 0 aliphatic carbocycles. The smallest absolute Gasteiger partial charge is 0.271 e. The number of hydrogen-bond acceptors (Lipinski definition) is 4. The summed E-state index contributed by atoms with van der Waals surface area (Å²) in [5.41, 5.74) is 2.37. The van der Waals surface area contributed by atoms with E-state index in [1.807, 2.05) is 0 Å². The van der Waals surface area contributed by atoms with Crippen LogP contribution >= 0.6 is 0 Å². The number of nitrogens with zero attached hydrogens (tertiary/aromatic N) is 1. The number of nitrogens with one attached hydrogen (secondary N) is 1. The number of anilines is 1. The molecule has 0 bridgehead atoms. The highest BCUT2D eigenvalue weighted by atomic mass is 16.6. The van der Waals surface area contributed by atoms with Gasteiger partial charge in [0.2, 0.25) is 0 Å².